The lowest BCUT2D eigenvalue weighted by molar-refractivity contribution is 0.286. The van der Waals surface area contributed by atoms with Crippen molar-refractivity contribution < 1.29 is 9.47 Å². The zero-order valence-electron chi connectivity index (χ0n) is 18.6. The Kier molecular flexibility index (Phi) is 7.14. The van der Waals surface area contributed by atoms with Crippen molar-refractivity contribution in [3.63, 3.8) is 0 Å². The van der Waals surface area contributed by atoms with E-state index in [2.05, 4.69) is 17.0 Å². The van der Waals surface area contributed by atoms with Crippen molar-refractivity contribution in [3.05, 3.63) is 90.6 Å². The van der Waals surface area contributed by atoms with Gasteiger partial charge in [0.25, 0.3) is 11.1 Å². The van der Waals surface area contributed by atoms with Crippen LogP contribution in [-0.2, 0) is 6.42 Å². The standard InChI is InChI=1S/C25H25N3O4S/c1-3-4-8-13-32-20-12-11-18(15-21(20)31-2)16-22-24(30)28-25(33-22)26-23(29)19(27-28)14-17-9-6-5-7-10-17/h5-7,9-12,15-16H,3-4,8,13-14H2,1-2H3/b22-16-. The number of aromatic nitrogens is 3. The maximum atomic E-state index is 13.0. The summed E-state index contributed by atoms with van der Waals surface area (Å²) in [7, 11) is 1.59. The van der Waals surface area contributed by atoms with Gasteiger partial charge in [0, 0.05) is 6.42 Å². The number of hydrogen-bond acceptors (Lipinski definition) is 7. The number of nitrogens with zero attached hydrogens (tertiary/aromatic N) is 3. The largest absolute Gasteiger partial charge is 0.493 e. The van der Waals surface area contributed by atoms with E-state index >= 15 is 0 Å². The first-order valence-corrected chi connectivity index (χ1v) is 11.7. The molecule has 0 atom stereocenters. The summed E-state index contributed by atoms with van der Waals surface area (Å²) < 4.78 is 12.9. The van der Waals surface area contributed by atoms with Crippen LogP contribution in [0.15, 0.2) is 58.1 Å². The zero-order valence-corrected chi connectivity index (χ0v) is 19.4. The molecule has 0 fully saturated rings. The first kappa shape index (κ1) is 22.7. The number of fused-ring (bicyclic) bond motifs is 1. The lowest BCUT2D eigenvalue weighted by Crippen LogP contribution is -2.28. The van der Waals surface area contributed by atoms with Gasteiger partial charge in [-0.25, -0.2) is 0 Å². The van der Waals surface area contributed by atoms with E-state index in [-0.39, 0.29) is 16.2 Å². The molecule has 0 bridgehead atoms. The highest BCUT2D eigenvalue weighted by molar-refractivity contribution is 7.15. The van der Waals surface area contributed by atoms with Crippen molar-refractivity contribution in [3.8, 4) is 11.5 Å². The average Bonchev–Trinajstić information content (AvgIpc) is 3.12. The minimum atomic E-state index is -0.419. The van der Waals surface area contributed by atoms with Crippen molar-refractivity contribution in [2.24, 2.45) is 0 Å². The minimum Gasteiger partial charge on any atom is -0.493 e. The second kappa shape index (κ2) is 10.4. The van der Waals surface area contributed by atoms with E-state index in [4.69, 9.17) is 9.47 Å². The zero-order chi connectivity index (χ0) is 23.2. The van der Waals surface area contributed by atoms with E-state index in [1.165, 1.54) is 4.52 Å². The van der Waals surface area contributed by atoms with Gasteiger partial charge in [0.1, 0.15) is 5.69 Å². The molecule has 0 amide bonds. The summed E-state index contributed by atoms with van der Waals surface area (Å²) in [6, 6.07) is 15.0. The topological polar surface area (TPSA) is 82.8 Å². The fourth-order valence-electron chi connectivity index (χ4n) is 3.42. The molecule has 0 aliphatic carbocycles. The molecular weight excluding hydrogens is 438 g/mol. The predicted octanol–water partition coefficient (Wildman–Crippen LogP) is 3.23. The summed E-state index contributed by atoms with van der Waals surface area (Å²) in [6.45, 7) is 2.78. The molecule has 0 saturated carbocycles. The van der Waals surface area contributed by atoms with E-state index < -0.39 is 5.56 Å². The Morgan fingerprint density at radius 1 is 1.06 bits per heavy atom. The third-order valence-electron chi connectivity index (χ3n) is 5.16. The molecule has 170 valence electrons. The second-order valence-corrected chi connectivity index (χ2v) is 8.61. The van der Waals surface area contributed by atoms with Gasteiger partial charge < -0.3 is 9.47 Å². The van der Waals surface area contributed by atoms with Crippen LogP contribution in [0.4, 0.5) is 0 Å². The van der Waals surface area contributed by atoms with Crippen molar-refractivity contribution >= 4 is 22.4 Å². The molecule has 2 aromatic carbocycles. The Morgan fingerprint density at radius 3 is 2.64 bits per heavy atom. The summed E-state index contributed by atoms with van der Waals surface area (Å²) in [6.07, 6.45) is 5.30. The van der Waals surface area contributed by atoms with E-state index in [9.17, 15) is 9.59 Å². The molecule has 0 spiro atoms. The molecule has 4 rings (SSSR count). The number of unbranched alkanes of at least 4 members (excludes halogenated alkanes) is 2. The van der Waals surface area contributed by atoms with Gasteiger partial charge in [0.2, 0.25) is 4.96 Å². The molecule has 2 heterocycles. The van der Waals surface area contributed by atoms with Gasteiger partial charge in [-0.15, -0.1) is 0 Å². The van der Waals surface area contributed by atoms with Crippen molar-refractivity contribution in [2.75, 3.05) is 13.7 Å². The Labute approximate surface area is 195 Å². The third kappa shape index (κ3) is 5.28. The summed E-state index contributed by atoms with van der Waals surface area (Å²) >= 11 is 1.13. The van der Waals surface area contributed by atoms with Crippen LogP contribution in [0.2, 0.25) is 0 Å². The van der Waals surface area contributed by atoms with Gasteiger partial charge in [-0.05, 0) is 35.8 Å². The Hall–Kier alpha value is -3.52. The summed E-state index contributed by atoms with van der Waals surface area (Å²) in [5.41, 5.74) is 1.23. The lowest BCUT2D eigenvalue weighted by Gasteiger charge is -2.11. The Bertz CT molecular complexity index is 1410. The highest BCUT2D eigenvalue weighted by Gasteiger charge is 2.12. The van der Waals surface area contributed by atoms with Crippen molar-refractivity contribution in [2.45, 2.75) is 32.6 Å². The summed E-state index contributed by atoms with van der Waals surface area (Å²) in [4.78, 5) is 29.8. The van der Waals surface area contributed by atoms with E-state index in [0.717, 1.165) is 41.7 Å². The fourth-order valence-corrected chi connectivity index (χ4v) is 4.32. The maximum Gasteiger partial charge on any atom is 0.296 e. The van der Waals surface area contributed by atoms with Crippen molar-refractivity contribution in [1.82, 2.24) is 14.6 Å². The molecule has 0 radical (unpaired) electrons. The van der Waals surface area contributed by atoms with Gasteiger partial charge in [0.05, 0.1) is 18.2 Å². The van der Waals surface area contributed by atoms with Crippen LogP contribution < -0.4 is 25.1 Å². The molecule has 0 N–H and O–H groups in total. The highest BCUT2D eigenvalue weighted by atomic mass is 32.1. The van der Waals surface area contributed by atoms with E-state index in [1.807, 2.05) is 48.5 Å². The molecular formula is C25H25N3O4S. The van der Waals surface area contributed by atoms with E-state index in [1.54, 1.807) is 13.2 Å². The molecule has 0 saturated heterocycles. The van der Waals surface area contributed by atoms with Gasteiger partial charge in [0.15, 0.2) is 11.5 Å². The number of benzene rings is 2. The second-order valence-electron chi connectivity index (χ2n) is 7.60. The van der Waals surface area contributed by atoms with Gasteiger partial charge in [-0.3, -0.25) is 9.59 Å². The van der Waals surface area contributed by atoms with Crippen LogP contribution in [-0.4, -0.2) is 28.3 Å². The molecule has 0 aliphatic rings. The van der Waals surface area contributed by atoms with Crippen LogP contribution >= 0.6 is 11.3 Å². The van der Waals surface area contributed by atoms with E-state index in [0.29, 0.717) is 29.1 Å². The number of thiazole rings is 1. The predicted molar refractivity (Wildman–Crippen MR) is 129 cm³/mol. The number of rotatable bonds is 9. The quantitative estimate of drug-likeness (QED) is 0.355. The Morgan fingerprint density at radius 2 is 1.88 bits per heavy atom. The highest BCUT2D eigenvalue weighted by Crippen LogP contribution is 2.28. The normalized spacial score (nSPS) is 11.8. The first-order chi connectivity index (χ1) is 16.1. The van der Waals surface area contributed by atoms with Gasteiger partial charge >= 0.3 is 0 Å². The van der Waals surface area contributed by atoms with Crippen LogP contribution in [0.3, 0.4) is 0 Å². The average molecular weight is 464 g/mol. The SMILES string of the molecule is CCCCCOc1ccc(/C=c2\sc3nc(=O)c(Cc4ccccc4)nn3c2=O)cc1OC. The smallest absolute Gasteiger partial charge is 0.296 e. The molecule has 8 heteroatoms. The Balaban J connectivity index is 1.65. The lowest BCUT2D eigenvalue weighted by atomic mass is 10.1. The molecule has 0 aliphatic heterocycles. The molecule has 2 aromatic heterocycles. The monoisotopic (exact) mass is 463 g/mol. The molecule has 33 heavy (non-hydrogen) atoms. The maximum absolute atomic E-state index is 13.0. The minimum absolute atomic E-state index is 0.242. The van der Waals surface area contributed by atoms with Crippen LogP contribution in [0.1, 0.15) is 43.0 Å². The fraction of sp³-hybridized carbons (Fsp3) is 0.280. The van der Waals surface area contributed by atoms with Gasteiger partial charge in [-0.2, -0.15) is 14.6 Å². The number of ether oxygens (including phenoxy) is 2. The first-order valence-electron chi connectivity index (χ1n) is 10.9. The van der Waals surface area contributed by atoms with Crippen molar-refractivity contribution in [1.29, 1.82) is 0 Å². The molecule has 7 nitrogen and oxygen atoms in total. The third-order valence-corrected chi connectivity index (χ3v) is 6.11. The van der Waals surface area contributed by atoms with Crippen LogP contribution in [0, 0.1) is 0 Å². The summed E-state index contributed by atoms with van der Waals surface area (Å²) in [5, 5.41) is 4.30. The van der Waals surface area contributed by atoms with Gasteiger partial charge in [-0.1, -0.05) is 67.5 Å². The van der Waals surface area contributed by atoms with Crippen LogP contribution in [0.5, 0.6) is 11.5 Å². The molecule has 0 unspecified atom stereocenters. The number of hydrogen-bond donors (Lipinski definition) is 0. The van der Waals surface area contributed by atoms with Crippen LogP contribution in [0.25, 0.3) is 11.0 Å². The summed E-state index contributed by atoms with van der Waals surface area (Å²) in [5.74, 6) is 1.27. The molecule has 4 aromatic rings. The number of methoxy groups -OCH3 is 1.